The molecule has 0 atom stereocenters. The van der Waals surface area contributed by atoms with Crippen LogP contribution in [0.3, 0.4) is 0 Å². The van der Waals surface area contributed by atoms with Gasteiger partial charge in [-0.1, -0.05) is 31.2 Å². The topological polar surface area (TPSA) is 22.1 Å². The third-order valence-corrected chi connectivity index (χ3v) is 4.48. The van der Waals surface area contributed by atoms with Gasteiger partial charge in [-0.25, -0.2) is 4.98 Å². The summed E-state index contributed by atoms with van der Waals surface area (Å²) in [5.74, 6) is 0.673. The molecule has 2 nitrogen and oxygen atoms in total. The third kappa shape index (κ3) is 3.50. The van der Waals surface area contributed by atoms with E-state index in [1.54, 1.807) is 6.20 Å². The Balaban J connectivity index is 3.06. The molecule has 0 saturated heterocycles. The van der Waals surface area contributed by atoms with Crippen LogP contribution in [0.15, 0.2) is 12.3 Å². The summed E-state index contributed by atoms with van der Waals surface area (Å²) in [4.78, 5) is 4.16. The first kappa shape index (κ1) is 12.5. The number of halogens is 1. The Morgan fingerprint density at radius 3 is 2.40 bits per heavy atom. The van der Waals surface area contributed by atoms with Gasteiger partial charge in [0.15, 0.2) is 0 Å². The molecule has 0 fully saturated rings. The van der Waals surface area contributed by atoms with Gasteiger partial charge in [-0.2, -0.15) is 0 Å². The molecule has 1 aromatic heterocycles. The van der Waals surface area contributed by atoms with Crippen LogP contribution in [0.5, 0.6) is 5.88 Å². The van der Waals surface area contributed by atoms with Crippen LogP contribution in [-0.4, -0.2) is 19.2 Å². The number of rotatable bonds is 3. The van der Waals surface area contributed by atoms with Crippen molar-refractivity contribution < 1.29 is 4.74 Å². The summed E-state index contributed by atoms with van der Waals surface area (Å²) >= 11 is 6.13. The van der Waals surface area contributed by atoms with Crippen LogP contribution >= 0.6 is 11.6 Å². The van der Waals surface area contributed by atoms with E-state index in [0.717, 1.165) is 5.02 Å². The summed E-state index contributed by atoms with van der Waals surface area (Å²) in [6.45, 7) is 10.8. The average molecular weight is 244 g/mol. The van der Waals surface area contributed by atoms with E-state index in [4.69, 9.17) is 16.3 Å². The molecule has 0 unspecified atom stereocenters. The molecule has 84 valence electrons. The molecule has 0 bridgehead atoms. The van der Waals surface area contributed by atoms with E-state index in [9.17, 15) is 0 Å². The normalized spacial score (nSPS) is 11.9. The second-order valence-corrected chi connectivity index (χ2v) is 10.4. The summed E-state index contributed by atoms with van der Waals surface area (Å²) in [6, 6.07) is 1.98. The molecule has 0 aliphatic rings. The Labute approximate surface area is 97.6 Å². The fraction of sp³-hybridized carbons (Fsp3) is 0.545. The molecule has 0 N–H and O–H groups in total. The van der Waals surface area contributed by atoms with Gasteiger partial charge in [0.25, 0.3) is 0 Å². The van der Waals surface area contributed by atoms with Crippen molar-refractivity contribution in [2.24, 2.45) is 0 Å². The molecule has 0 aromatic carbocycles. The smallest absolute Gasteiger partial charge is 0.213 e. The highest BCUT2D eigenvalue weighted by atomic mass is 35.5. The molecule has 0 radical (unpaired) electrons. The van der Waals surface area contributed by atoms with Crippen LogP contribution in [0, 0.1) is 0 Å². The lowest BCUT2D eigenvalue weighted by Crippen LogP contribution is -2.38. The second-order valence-electron chi connectivity index (χ2n) is 4.92. The lowest BCUT2D eigenvalue weighted by Gasteiger charge is -2.19. The fourth-order valence-corrected chi connectivity index (χ4v) is 3.59. The summed E-state index contributed by atoms with van der Waals surface area (Å²) in [5, 5.41) is 1.96. The first-order valence-corrected chi connectivity index (χ1v) is 9.01. The quantitative estimate of drug-likeness (QED) is 0.762. The van der Waals surface area contributed by atoms with E-state index >= 15 is 0 Å². The minimum atomic E-state index is -1.41. The highest BCUT2D eigenvalue weighted by molar-refractivity contribution is 6.90. The zero-order valence-corrected chi connectivity index (χ0v) is 11.7. The SMILES string of the molecule is CC(C)Oc1cc([Si](C)(C)C)c(Cl)cn1. The van der Waals surface area contributed by atoms with Crippen LogP contribution in [0.25, 0.3) is 0 Å². The zero-order chi connectivity index (χ0) is 11.6. The molecule has 15 heavy (non-hydrogen) atoms. The van der Waals surface area contributed by atoms with Crippen molar-refractivity contribution in [1.29, 1.82) is 0 Å². The number of ether oxygens (including phenoxy) is 1. The van der Waals surface area contributed by atoms with Crippen molar-refractivity contribution in [3.63, 3.8) is 0 Å². The molecule has 1 aromatic rings. The van der Waals surface area contributed by atoms with Crippen molar-refractivity contribution in [2.45, 2.75) is 39.6 Å². The van der Waals surface area contributed by atoms with E-state index in [2.05, 4.69) is 24.6 Å². The van der Waals surface area contributed by atoms with Crippen molar-refractivity contribution in [3.05, 3.63) is 17.3 Å². The molecule has 0 aliphatic carbocycles. The Kier molecular flexibility index (Phi) is 3.79. The van der Waals surface area contributed by atoms with E-state index in [-0.39, 0.29) is 6.10 Å². The summed E-state index contributed by atoms with van der Waals surface area (Å²) in [7, 11) is -1.41. The highest BCUT2D eigenvalue weighted by Gasteiger charge is 2.21. The number of nitrogens with zero attached hydrogens (tertiary/aromatic N) is 1. The Morgan fingerprint density at radius 2 is 1.93 bits per heavy atom. The van der Waals surface area contributed by atoms with Crippen LogP contribution in [-0.2, 0) is 0 Å². The van der Waals surface area contributed by atoms with Gasteiger partial charge in [-0.05, 0) is 19.0 Å². The minimum absolute atomic E-state index is 0.146. The molecular weight excluding hydrogens is 226 g/mol. The Morgan fingerprint density at radius 1 is 1.33 bits per heavy atom. The Bertz CT molecular complexity index is 347. The monoisotopic (exact) mass is 243 g/mol. The molecule has 0 amide bonds. The molecule has 4 heteroatoms. The molecule has 1 rings (SSSR count). The van der Waals surface area contributed by atoms with Crippen LogP contribution in [0.2, 0.25) is 24.7 Å². The van der Waals surface area contributed by atoms with Gasteiger partial charge in [0.05, 0.1) is 19.2 Å². The number of hydrogen-bond donors (Lipinski definition) is 0. The van der Waals surface area contributed by atoms with Crippen LogP contribution in [0.4, 0.5) is 0 Å². The first-order chi connectivity index (χ1) is 6.80. The zero-order valence-electron chi connectivity index (χ0n) is 9.97. The maximum Gasteiger partial charge on any atom is 0.213 e. The van der Waals surface area contributed by atoms with Crippen molar-refractivity contribution in [2.75, 3.05) is 0 Å². The molecular formula is C11H18ClNOSi. The molecule has 1 heterocycles. The van der Waals surface area contributed by atoms with Crippen molar-refractivity contribution in [1.82, 2.24) is 4.98 Å². The van der Waals surface area contributed by atoms with Gasteiger partial charge in [-0.3, -0.25) is 0 Å². The minimum Gasteiger partial charge on any atom is -0.475 e. The van der Waals surface area contributed by atoms with Gasteiger partial charge < -0.3 is 4.74 Å². The van der Waals surface area contributed by atoms with Crippen molar-refractivity contribution in [3.8, 4) is 5.88 Å². The standard InChI is InChI=1S/C11H18ClNOSi/c1-8(2)14-11-6-10(15(3,4)5)9(12)7-13-11/h6-8H,1-5H3. The Hall–Kier alpha value is -0.543. The molecule has 0 spiro atoms. The number of aromatic nitrogens is 1. The van der Waals surface area contributed by atoms with Gasteiger partial charge in [0.1, 0.15) is 0 Å². The number of hydrogen-bond acceptors (Lipinski definition) is 2. The van der Waals surface area contributed by atoms with Crippen LogP contribution in [0.1, 0.15) is 13.8 Å². The van der Waals surface area contributed by atoms with Gasteiger partial charge in [0, 0.05) is 12.3 Å². The second kappa shape index (κ2) is 4.54. The van der Waals surface area contributed by atoms with Gasteiger partial charge >= 0.3 is 0 Å². The van der Waals surface area contributed by atoms with Crippen LogP contribution < -0.4 is 9.92 Å². The lowest BCUT2D eigenvalue weighted by atomic mass is 10.4. The lowest BCUT2D eigenvalue weighted by molar-refractivity contribution is 0.233. The van der Waals surface area contributed by atoms with Crippen molar-refractivity contribution >= 4 is 24.9 Å². The predicted octanol–water partition coefficient (Wildman–Crippen LogP) is 3.07. The fourth-order valence-electron chi connectivity index (χ4n) is 1.30. The largest absolute Gasteiger partial charge is 0.475 e. The average Bonchev–Trinajstić information content (AvgIpc) is 2.05. The van der Waals surface area contributed by atoms with Gasteiger partial charge in [0.2, 0.25) is 5.88 Å². The number of pyridine rings is 1. The van der Waals surface area contributed by atoms with E-state index in [0.29, 0.717) is 5.88 Å². The molecule has 0 aliphatic heterocycles. The van der Waals surface area contributed by atoms with Gasteiger partial charge in [-0.15, -0.1) is 0 Å². The van der Waals surface area contributed by atoms with E-state index in [1.165, 1.54) is 5.19 Å². The maximum atomic E-state index is 6.13. The highest BCUT2D eigenvalue weighted by Crippen LogP contribution is 2.16. The summed E-state index contributed by atoms with van der Waals surface area (Å²) < 4.78 is 5.56. The third-order valence-electron chi connectivity index (χ3n) is 1.99. The van der Waals surface area contributed by atoms with E-state index < -0.39 is 8.07 Å². The predicted molar refractivity (Wildman–Crippen MR) is 68.0 cm³/mol. The maximum absolute atomic E-state index is 6.13. The summed E-state index contributed by atoms with van der Waals surface area (Å²) in [5.41, 5.74) is 0. The summed E-state index contributed by atoms with van der Waals surface area (Å²) in [6.07, 6.45) is 1.83. The first-order valence-electron chi connectivity index (χ1n) is 5.13. The molecule has 0 saturated carbocycles. The van der Waals surface area contributed by atoms with E-state index in [1.807, 2.05) is 19.9 Å².